The molecule has 1 saturated heterocycles. The highest BCUT2D eigenvalue weighted by atomic mass is 16.5. The van der Waals surface area contributed by atoms with Gasteiger partial charge in [0.15, 0.2) is 0 Å². The predicted octanol–water partition coefficient (Wildman–Crippen LogP) is 1.01. The lowest BCUT2D eigenvalue weighted by Gasteiger charge is -2.30. The van der Waals surface area contributed by atoms with Gasteiger partial charge in [0, 0.05) is 19.1 Å². The molecular formula is C13H24N2O2. The van der Waals surface area contributed by atoms with Crippen LogP contribution in [0.1, 0.15) is 32.6 Å². The molecule has 1 aliphatic carbocycles. The minimum absolute atomic E-state index is 0.186. The Morgan fingerprint density at radius 3 is 2.82 bits per heavy atom. The van der Waals surface area contributed by atoms with Gasteiger partial charge in [-0.2, -0.15) is 0 Å². The summed E-state index contributed by atoms with van der Waals surface area (Å²) in [5.41, 5.74) is 0. The SMILES string of the molecule is CC1CCC[C@H](NC(=O)CN2CCOCC2)C1. The lowest BCUT2D eigenvalue weighted by molar-refractivity contribution is -0.124. The Kier molecular flexibility index (Phi) is 4.80. The highest BCUT2D eigenvalue weighted by Gasteiger charge is 2.21. The van der Waals surface area contributed by atoms with Crippen LogP contribution < -0.4 is 5.32 Å². The van der Waals surface area contributed by atoms with E-state index in [0.717, 1.165) is 45.1 Å². The summed E-state index contributed by atoms with van der Waals surface area (Å²) in [7, 11) is 0. The van der Waals surface area contributed by atoms with Crippen molar-refractivity contribution >= 4 is 5.91 Å². The van der Waals surface area contributed by atoms with E-state index in [0.29, 0.717) is 12.6 Å². The molecule has 0 radical (unpaired) electrons. The van der Waals surface area contributed by atoms with E-state index in [1.807, 2.05) is 0 Å². The molecule has 0 spiro atoms. The average Bonchev–Trinajstić information content (AvgIpc) is 2.30. The third-order valence-corrected chi connectivity index (χ3v) is 3.77. The predicted molar refractivity (Wildman–Crippen MR) is 66.8 cm³/mol. The van der Waals surface area contributed by atoms with Crippen molar-refractivity contribution in [3.8, 4) is 0 Å². The van der Waals surface area contributed by atoms with Crippen molar-refractivity contribution in [1.82, 2.24) is 10.2 Å². The molecule has 2 atom stereocenters. The van der Waals surface area contributed by atoms with Gasteiger partial charge < -0.3 is 10.1 Å². The molecule has 4 nitrogen and oxygen atoms in total. The maximum absolute atomic E-state index is 11.9. The Balaban J connectivity index is 1.68. The highest BCUT2D eigenvalue weighted by Crippen LogP contribution is 2.23. The van der Waals surface area contributed by atoms with Crippen molar-refractivity contribution in [3.05, 3.63) is 0 Å². The molecule has 2 fully saturated rings. The van der Waals surface area contributed by atoms with Gasteiger partial charge in [0.25, 0.3) is 0 Å². The first-order valence-corrected chi connectivity index (χ1v) is 6.83. The second-order valence-electron chi connectivity index (χ2n) is 5.42. The third kappa shape index (κ3) is 4.28. The summed E-state index contributed by atoms with van der Waals surface area (Å²) in [5.74, 6) is 0.948. The van der Waals surface area contributed by atoms with Crippen LogP contribution in [0.15, 0.2) is 0 Å². The zero-order chi connectivity index (χ0) is 12.1. The number of nitrogens with zero attached hydrogens (tertiary/aromatic N) is 1. The van der Waals surface area contributed by atoms with Crippen molar-refractivity contribution in [2.75, 3.05) is 32.8 Å². The van der Waals surface area contributed by atoms with Gasteiger partial charge in [-0.15, -0.1) is 0 Å². The quantitative estimate of drug-likeness (QED) is 0.800. The summed E-state index contributed by atoms with van der Waals surface area (Å²) in [5, 5.41) is 3.18. The molecule has 98 valence electrons. The monoisotopic (exact) mass is 240 g/mol. The van der Waals surface area contributed by atoms with E-state index in [2.05, 4.69) is 17.1 Å². The van der Waals surface area contributed by atoms with E-state index in [1.165, 1.54) is 12.8 Å². The molecule has 1 amide bonds. The minimum atomic E-state index is 0.186. The van der Waals surface area contributed by atoms with Crippen LogP contribution in [-0.4, -0.2) is 49.7 Å². The number of hydrogen-bond acceptors (Lipinski definition) is 3. The summed E-state index contributed by atoms with van der Waals surface area (Å²) in [6, 6.07) is 0.410. The zero-order valence-corrected chi connectivity index (χ0v) is 10.8. The summed E-state index contributed by atoms with van der Waals surface area (Å²) >= 11 is 0. The number of carbonyl (C=O) groups is 1. The maximum atomic E-state index is 11.9. The largest absolute Gasteiger partial charge is 0.379 e. The van der Waals surface area contributed by atoms with Crippen molar-refractivity contribution in [2.45, 2.75) is 38.6 Å². The van der Waals surface area contributed by atoms with Crippen LogP contribution in [0.3, 0.4) is 0 Å². The fraction of sp³-hybridized carbons (Fsp3) is 0.923. The highest BCUT2D eigenvalue weighted by molar-refractivity contribution is 5.78. The van der Waals surface area contributed by atoms with Gasteiger partial charge in [-0.05, 0) is 18.8 Å². The second-order valence-corrected chi connectivity index (χ2v) is 5.42. The van der Waals surface area contributed by atoms with Crippen LogP contribution >= 0.6 is 0 Å². The van der Waals surface area contributed by atoms with Crippen molar-refractivity contribution in [2.24, 2.45) is 5.92 Å². The van der Waals surface area contributed by atoms with E-state index in [1.54, 1.807) is 0 Å². The first kappa shape index (κ1) is 12.8. The molecule has 1 N–H and O–H groups in total. The van der Waals surface area contributed by atoms with Gasteiger partial charge in [-0.1, -0.05) is 19.8 Å². The molecule has 2 rings (SSSR count). The van der Waals surface area contributed by atoms with Crippen LogP contribution in [0.4, 0.5) is 0 Å². The van der Waals surface area contributed by atoms with E-state index in [9.17, 15) is 4.79 Å². The van der Waals surface area contributed by atoms with E-state index in [4.69, 9.17) is 4.74 Å². The number of ether oxygens (including phenoxy) is 1. The van der Waals surface area contributed by atoms with Crippen molar-refractivity contribution < 1.29 is 9.53 Å². The van der Waals surface area contributed by atoms with Gasteiger partial charge in [0.05, 0.1) is 19.8 Å². The number of hydrogen-bond donors (Lipinski definition) is 1. The van der Waals surface area contributed by atoms with Crippen LogP contribution in [0, 0.1) is 5.92 Å². The molecule has 0 aromatic heterocycles. The average molecular weight is 240 g/mol. The van der Waals surface area contributed by atoms with Gasteiger partial charge in [0.2, 0.25) is 5.91 Å². The molecule has 1 unspecified atom stereocenters. The lowest BCUT2D eigenvalue weighted by Crippen LogP contribution is -2.46. The maximum Gasteiger partial charge on any atom is 0.234 e. The van der Waals surface area contributed by atoms with Crippen LogP contribution in [0.5, 0.6) is 0 Å². The second kappa shape index (κ2) is 6.36. The molecule has 0 aromatic rings. The first-order chi connectivity index (χ1) is 8.24. The molecule has 1 aliphatic heterocycles. The fourth-order valence-electron chi connectivity index (χ4n) is 2.80. The first-order valence-electron chi connectivity index (χ1n) is 6.83. The third-order valence-electron chi connectivity index (χ3n) is 3.77. The van der Waals surface area contributed by atoms with E-state index >= 15 is 0 Å². The summed E-state index contributed by atoms with van der Waals surface area (Å²) < 4.78 is 5.27. The zero-order valence-electron chi connectivity index (χ0n) is 10.8. The van der Waals surface area contributed by atoms with Gasteiger partial charge in [-0.3, -0.25) is 9.69 Å². The summed E-state index contributed by atoms with van der Waals surface area (Å²) in [6.07, 6.45) is 4.87. The number of amides is 1. The van der Waals surface area contributed by atoms with Crippen LogP contribution in [0.2, 0.25) is 0 Å². The molecule has 1 heterocycles. The normalized spacial score (nSPS) is 31.1. The van der Waals surface area contributed by atoms with Crippen LogP contribution in [-0.2, 0) is 9.53 Å². The summed E-state index contributed by atoms with van der Waals surface area (Å²) in [4.78, 5) is 14.1. The van der Waals surface area contributed by atoms with Crippen LogP contribution in [0.25, 0.3) is 0 Å². The van der Waals surface area contributed by atoms with Gasteiger partial charge in [-0.25, -0.2) is 0 Å². The fourth-order valence-corrected chi connectivity index (χ4v) is 2.80. The van der Waals surface area contributed by atoms with E-state index < -0.39 is 0 Å². The van der Waals surface area contributed by atoms with Crippen molar-refractivity contribution in [1.29, 1.82) is 0 Å². The van der Waals surface area contributed by atoms with Gasteiger partial charge in [0.1, 0.15) is 0 Å². The Labute approximate surface area is 104 Å². The number of nitrogens with one attached hydrogen (secondary N) is 1. The Morgan fingerprint density at radius 2 is 2.12 bits per heavy atom. The Hall–Kier alpha value is -0.610. The molecule has 4 heteroatoms. The smallest absolute Gasteiger partial charge is 0.234 e. The molecule has 2 aliphatic rings. The van der Waals surface area contributed by atoms with Gasteiger partial charge >= 0.3 is 0 Å². The molecule has 0 aromatic carbocycles. The standard InChI is InChI=1S/C13H24N2O2/c1-11-3-2-4-12(9-11)14-13(16)10-15-5-7-17-8-6-15/h11-12H,2-10H2,1H3,(H,14,16)/t11?,12-/m0/s1. The molecule has 0 bridgehead atoms. The molecule has 17 heavy (non-hydrogen) atoms. The topological polar surface area (TPSA) is 41.6 Å². The molecular weight excluding hydrogens is 216 g/mol. The number of rotatable bonds is 3. The Bertz CT molecular complexity index is 252. The minimum Gasteiger partial charge on any atom is -0.379 e. The number of carbonyl (C=O) groups excluding carboxylic acids is 1. The Morgan fingerprint density at radius 1 is 1.35 bits per heavy atom. The van der Waals surface area contributed by atoms with Crippen molar-refractivity contribution in [3.63, 3.8) is 0 Å². The molecule has 1 saturated carbocycles. The van der Waals surface area contributed by atoms with E-state index in [-0.39, 0.29) is 5.91 Å². The summed E-state index contributed by atoms with van der Waals surface area (Å²) in [6.45, 7) is 6.10. The lowest BCUT2D eigenvalue weighted by atomic mass is 9.87. The number of morpholine rings is 1.